The predicted molar refractivity (Wildman–Crippen MR) is 115 cm³/mol. The van der Waals surface area contributed by atoms with E-state index >= 15 is 0 Å². The summed E-state index contributed by atoms with van der Waals surface area (Å²) < 4.78 is 49.0. The van der Waals surface area contributed by atoms with Crippen LogP contribution in [0.3, 0.4) is 0 Å². The summed E-state index contributed by atoms with van der Waals surface area (Å²) in [5.41, 5.74) is 7.25. The summed E-state index contributed by atoms with van der Waals surface area (Å²) in [6.45, 7) is -3.37. The topological polar surface area (TPSA) is 107 Å². The second-order valence-electron chi connectivity index (χ2n) is 6.70. The Kier molecular flexibility index (Phi) is 7.39. The molecule has 1 unspecified atom stereocenters. The zero-order chi connectivity index (χ0) is 24.0. The number of amidine groups is 1. The van der Waals surface area contributed by atoms with Crippen molar-refractivity contribution in [3.05, 3.63) is 82.9 Å². The van der Waals surface area contributed by atoms with Crippen LogP contribution >= 0.6 is 11.6 Å². The molecule has 3 N–H and O–H groups in total. The van der Waals surface area contributed by atoms with Crippen LogP contribution in [0.5, 0.6) is 5.75 Å². The maximum absolute atomic E-state index is 14.4. The lowest BCUT2D eigenvalue weighted by molar-refractivity contribution is -0.122. The van der Waals surface area contributed by atoms with Gasteiger partial charge in [-0.25, -0.2) is 9.38 Å². The number of halogens is 4. The summed E-state index contributed by atoms with van der Waals surface area (Å²) in [7, 11) is 0. The van der Waals surface area contributed by atoms with Crippen molar-refractivity contribution in [1.82, 2.24) is 4.98 Å². The maximum Gasteiger partial charge on any atom is 0.387 e. The zero-order valence-electron chi connectivity index (χ0n) is 16.8. The van der Waals surface area contributed by atoms with Crippen molar-refractivity contribution in [2.75, 3.05) is 6.61 Å². The number of rotatable bonds is 5. The number of nitrogens with zero attached hydrogens (tertiary/aromatic N) is 2. The highest BCUT2D eigenvalue weighted by molar-refractivity contribution is 6.30. The molecule has 0 amide bonds. The average Bonchev–Trinajstić information content (AvgIpc) is 3.18. The van der Waals surface area contributed by atoms with E-state index in [1.165, 1.54) is 12.3 Å². The number of carboxylic acid groups (broad SMARTS) is 1. The van der Waals surface area contributed by atoms with Crippen LogP contribution in [0.15, 0.2) is 65.9 Å². The standard InChI is InChI=1S/C21H15ClF3N3O2.CH2O2/c22-16-7-13(9-27-10-16)12-2-1-3-14(6-12)21(11-29-20(26)28-21)15-4-5-18(17(23)8-15)30-19(24)25;2-1-3/h1-10,19H,11H2,(H2,26,28);1H,(H,2,3). The van der Waals surface area contributed by atoms with Crippen LogP contribution in [0.1, 0.15) is 11.1 Å². The van der Waals surface area contributed by atoms with Crippen molar-refractivity contribution >= 4 is 24.1 Å². The highest BCUT2D eigenvalue weighted by Gasteiger charge is 2.40. The van der Waals surface area contributed by atoms with E-state index in [0.717, 1.165) is 23.3 Å². The molecule has 0 spiro atoms. The summed E-state index contributed by atoms with van der Waals surface area (Å²) in [5, 5.41) is 7.37. The van der Waals surface area contributed by atoms with Gasteiger partial charge >= 0.3 is 6.61 Å². The number of aromatic nitrogens is 1. The first-order valence-electron chi connectivity index (χ1n) is 9.31. The second kappa shape index (κ2) is 10.2. The number of alkyl halides is 2. The van der Waals surface area contributed by atoms with Gasteiger partial charge in [-0.1, -0.05) is 35.9 Å². The Balaban J connectivity index is 0.000000968. The van der Waals surface area contributed by atoms with Crippen molar-refractivity contribution in [1.29, 1.82) is 0 Å². The quantitative estimate of drug-likeness (QED) is 0.524. The molecule has 1 aliphatic heterocycles. The van der Waals surface area contributed by atoms with E-state index in [-0.39, 0.29) is 19.1 Å². The van der Waals surface area contributed by atoms with Gasteiger partial charge in [0.15, 0.2) is 17.1 Å². The lowest BCUT2D eigenvalue weighted by Crippen LogP contribution is -2.27. The molecule has 2 aromatic carbocycles. The summed E-state index contributed by atoms with van der Waals surface area (Å²) >= 11 is 6.04. The second-order valence-corrected chi connectivity index (χ2v) is 7.14. The number of aliphatic imine (C=N–C) groups is 1. The van der Waals surface area contributed by atoms with Crippen LogP contribution < -0.4 is 10.5 Å². The van der Waals surface area contributed by atoms with Crippen LogP contribution in [0, 0.1) is 5.82 Å². The van der Waals surface area contributed by atoms with Gasteiger partial charge in [-0.2, -0.15) is 8.78 Å². The number of hydrogen-bond donors (Lipinski definition) is 2. The van der Waals surface area contributed by atoms with Crippen molar-refractivity contribution in [3.8, 4) is 16.9 Å². The molecule has 172 valence electrons. The molecule has 7 nitrogen and oxygen atoms in total. The molecule has 2 heterocycles. The molecule has 1 aliphatic rings. The third-order valence-corrected chi connectivity index (χ3v) is 4.94. The molecule has 0 bridgehead atoms. The number of carbonyl (C=O) groups is 1. The minimum Gasteiger partial charge on any atom is -0.483 e. The van der Waals surface area contributed by atoms with Crippen molar-refractivity contribution < 1.29 is 32.5 Å². The molecule has 1 atom stereocenters. The molecule has 0 saturated carbocycles. The molecule has 0 saturated heterocycles. The van der Waals surface area contributed by atoms with Gasteiger partial charge in [0.1, 0.15) is 6.61 Å². The SMILES string of the molecule is NC1=NC(c2cccc(-c3cncc(Cl)c3)c2)(c2ccc(OC(F)F)c(F)c2)CO1.O=CO. The van der Waals surface area contributed by atoms with E-state index < -0.39 is 23.7 Å². The summed E-state index contributed by atoms with van der Waals surface area (Å²) in [4.78, 5) is 16.9. The van der Waals surface area contributed by atoms with E-state index in [2.05, 4.69) is 14.7 Å². The molecular weight excluding hydrogens is 463 g/mol. The first-order chi connectivity index (χ1) is 15.8. The Morgan fingerprint density at radius 2 is 1.88 bits per heavy atom. The maximum atomic E-state index is 14.4. The molecule has 3 aromatic rings. The van der Waals surface area contributed by atoms with Crippen LogP contribution in [0.4, 0.5) is 13.2 Å². The molecule has 1 aromatic heterocycles. The van der Waals surface area contributed by atoms with E-state index in [1.54, 1.807) is 18.3 Å². The molecule has 0 fully saturated rings. The molecule has 4 rings (SSSR count). The minimum atomic E-state index is -3.13. The normalized spacial score (nSPS) is 16.9. The van der Waals surface area contributed by atoms with Crippen LogP contribution in [0.2, 0.25) is 5.02 Å². The Morgan fingerprint density at radius 3 is 2.48 bits per heavy atom. The molecule has 0 aliphatic carbocycles. The molecule has 33 heavy (non-hydrogen) atoms. The fourth-order valence-electron chi connectivity index (χ4n) is 3.37. The molecule has 11 heteroatoms. The van der Waals surface area contributed by atoms with Crippen molar-refractivity contribution in [3.63, 3.8) is 0 Å². The third-order valence-electron chi connectivity index (χ3n) is 4.73. The predicted octanol–water partition coefficient (Wildman–Crippen LogP) is 4.43. The minimum absolute atomic E-state index is 0.0184. The first kappa shape index (κ1) is 23.9. The van der Waals surface area contributed by atoms with Gasteiger partial charge in [0.25, 0.3) is 12.5 Å². The van der Waals surface area contributed by atoms with E-state index in [4.69, 9.17) is 32.0 Å². The highest BCUT2D eigenvalue weighted by Crippen LogP contribution is 2.40. The number of hydrogen-bond acceptors (Lipinski definition) is 6. The van der Waals surface area contributed by atoms with Crippen LogP contribution in [0.25, 0.3) is 11.1 Å². The smallest absolute Gasteiger partial charge is 0.387 e. The van der Waals surface area contributed by atoms with Gasteiger partial charge < -0.3 is 20.3 Å². The van der Waals surface area contributed by atoms with Gasteiger partial charge in [-0.05, 0) is 41.0 Å². The van der Waals surface area contributed by atoms with Gasteiger partial charge in [0.2, 0.25) is 0 Å². The molecular formula is C22H17ClF3N3O4. The van der Waals surface area contributed by atoms with Crippen LogP contribution in [-0.4, -0.2) is 35.8 Å². The Hall–Kier alpha value is -3.79. The van der Waals surface area contributed by atoms with Crippen molar-refractivity contribution in [2.45, 2.75) is 12.2 Å². The first-order valence-corrected chi connectivity index (χ1v) is 9.69. The number of benzene rings is 2. The highest BCUT2D eigenvalue weighted by atomic mass is 35.5. The Labute approximate surface area is 191 Å². The van der Waals surface area contributed by atoms with Crippen molar-refractivity contribution in [2.24, 2.45) is 10.7 Å². The Bertz CT molecular complexity index is 1180. The molecule has 0 radical (unpaired) electrons. The fourth-order valence-corrected chi connectivity index (χ4v) is 3.54. The van der Waals surface area contributed by atoms with E-state index in [1.807, 2.05) is 18.2 Å². The number of pyridine rings is 1. The number of ether oxygens (including phenoxy) is 2. The lowest BCUT2D eigenvalue weighted by Gasteiger charge is -2.26. The fraction of sp³-hybridized carbons (Fsp3) is 0.136. The summed E-state index contributed by atoms with van der Waals surface area (Å²) in [6.07, 6.45) is 3.19. The van der Waals surface area contributed by atoms with Gasteiger partial charge in [0, 0.05) is 18.0 Å². The van der Waals surface area contributed by atoms with Gasteiger partial charge in [-0.15, -0.1) is 0 Å². The third kappa shape index (κ3) is 5.35. The van der Waals surface area contributed by atoms with Gasteiger partial charge in [-0.3, -0.25) is 9.78 Å². The zero-order valence-corrected chi connectivity index (χ0v) is 17.5. The average molecular weight is 480 g/mol. The largest absolute Gasteiger partial charge is 0.483 e. The van der Waals surface area contributed by atoms with Crippen LogP contribution in [-0.2, 0) is 15.1 Å². The number of nitrogens with two attached hydrogens (primary N) is 1. The summed E-state index contributed by atoms with van der Waals surface area (Å²) in [6, 6.07) is 12.7. The van der Waals surface area contributed by atoms with Gasteiger partial charge in [0.05, 0.1) is 5.02 Å². The monoisotopic (exact) mass is 479 g/mol. The lowest BCUT2D eigenvalue weighted by atomic mass is 9.83. The van der Waals surface area contributed by atoms with E-state index in [9.17, 15) is 13.2 Å². The summed E-state index contributed by atoms with van der Waals surface area (Å²) in [5.74, 6) is -1.50. The Morgan fingerprint density at radius 1 is 1.15 bits per heavy atom. The van der Waals surface area contributed by atoms with E-state index in [0.29, 0.717) is 16.1 Å².